The number of amides is 1. The van der Waals surface area contributed by atoms with Crippen LogP contribution in [-0.2, 0) is 11.2 Å². The topological polar surface area (TPSA) is 49.6 Å². The van der Waals surface area contributed by atoms with Gasteiger partial charge in [-0.2, -0.15) is 0 Å². The maximum Gasteiger partial charge on any atom is 0.223 e. The Morgan fingerprint density at radius 1 is 1.07 bits per heavy atom. The molecule has 0 bridgehead atoms. The molecule has 1 aliphatic heterocycles. The van der Waals surface area contributed by atoms with E-state index in [0.29, 0.717) is 19.0 Å². The maximum absolute atomic E-state index is 13.9. The smallest absolute Gasteiger partial charge is 0.223 e. The second kappa shape index (κ2) is 8.65. The summed E-state index contributed by atoms with van der Waals surface area (Å²) in [6.07, 6.45) is 1.82. The quantitative estimate of drug-likeness (QED) is 0.631. The standard InChI is InChI=1S/C23H23F2N3O2/c1-16-4-2-5-17(14-16)27-10-12-28(13-11-27)22(29)9-8-21-26-15-20(30-21)23-18(24)6-3-7-19(23)25/h2-7,14-15H,8-13H2,1H3. The van der Waals surface area contributed by atoms with E-state index in [2.05, 4.69) is 35.0 Å². The summed E-state index contributed by atoms with van der Waals surface area (Å²) in [6, 6.07) is 12.0. The minimum Gasteiger partial charge on any atom is -0.441 e. The van der Waals surface area contributed by atoms with E-state index in [9.17, 15) is 13.6 Å². The van der Waals surface area contributed by atoms with Gasteiger partial charge in [0.25, 0.3) is 0 Å². The number of carbonyl (C=O) groups excluding carboxylic acids is 1. The van der Waals surface area contributed by atoms with E-state index < -0.39 is 11.6 Å². The molecule has 30 heavy (non-hydrogen) atoms. The molecule has 7 heteroatoms. The van der Waals surface area contributed by atoms with Crippen molar-refractivity contribution in [3.8, 4) is 11.3 Å². The van der Waals surface area contributed by atoms with Crippen molar-refractivity contribution in [3.05, 3.63) is 71.8 Å². The molecule has 4 rings (SSSR count). The highest BCUT2D eigenvalue weighted by Gasteiger charge is 2.22. The summed E-state index contributed by atoms with van der Waals surface area (Å²) in [6.45, 7) is 4.95. The highest BCUT2D eigenvalue weighted by Crippen LogP contribution is 2.27. The van der Waals surface area contributed by atoms with Gasteiger partial charge in [-0.1, -0.05) is 18.2 Å². The minimum absolute atomic E-state index is 0.0238. The normalized spacial score (nSPS) is 14.2. The van der Waals surface area contributed by atoms with Crippen LogP contribution in [0.3, 0.4) is 0 Å². The molecule has 1 aliphatic rings. The third kappa shape index (κ3) is 4.35. The van der Waals surface area contributed by atoms with Crippen LogP contribution in [0.1, 0.15) is 17.9 Å². The third-order valence-corrected chi connectivity index (χ3v) is 5.31. The van der Waals surface area contributed by atoms with E-state index >= 15 is 0 Å². The van der Waals surface area contributed by atoms with Gasteiger partial charge in [0.05, 0.1) is 11.8 Å². The van der Waals surface area contributed by atoms with Gasteiger partial charge in [-0.25, -0.2) is 13.8 Å². The highest BCUT2D eigenvalue weighted by atomic mass is 19.1. The molecule has 3 aromatic rings. The molecule has 0 spiro atoms. The lowest BCUT2D eigenvalue weighted by molar-refractivity contribution is -0.131. The number of nitrogens with zero attached hydrogens (tertiary/aromatic N) is 3. The average molecular weight is 411 g/mol. The number of benzene rings is 2. The number of oxazole rings is 1. The Labute approximate surface area is 173 Å². The van der Waals surface area contributed by atoms with Crippen LogP contribution in [0.25, 0.3) is 11.3 Å². The van der Waals surface area contributed by atoms with Crippen LogP contribution in [0.15, 0.2) is 53.1 Å². The van der Waals surface area contributed by atoms with Crippen LogP contribution in [0.4, 0.5) is 14.5 Å². The molecule has 0 N–H and O–H groups in total. The van der Waals surface area contributed by atoms with Gasteiger partial charge in [0.15, 0.2) is 11.7 Å². The average Bonchev–Trinajstić information content (AvgIpc) is 3.20. The fourth-order valence-electron chi connectivity index (χ4n) is 3.69. The van der Waals surface area contributed by atoms with Crippen LogP contribution >= 0.6 is 0 Å². The molecule has 1 aromatic heterocycles. The Kier molecular flexibility index (Phi) is 5.79. The number of hydrogen-bond donors (Lipinski definition) is 0. The lowest BCUT2D eigenvalue weighted by atomic mass is 10.1. The summed E-state index contributed by atoms with van der Waals surface area (Å²) in [5.74, 6) is -1.07. The number of carbonyl (C=O) groups is 1. The van der Waals surface area contributed by atoms with Crippen molar-refractivity contribution in [1.82, 2.24) is 9.88 Å². The third-order valence-electron chi connectivity index (χ3n) is 5.31. The van der Waals surface area contributed by atoms with Gasteiger partial charge in [0.1, 0.15) is 11.6 Å². The van der Waals surface area contributed by atoms with Gasteiger partial charge in [-0.3, -0.25) is 4.79 Å². The van der Waals surface area contributed by atoms with Crippen molar-refractivity contribution >= 4 is 11.6 Å². The lowest BCUT2D eigenvalue weighted by Gasteiger charge is -2.36. The first-order valence-electron chi connectivity index (χ1n) is 10.00. The maximum atomic E-state index is 13.9. The molecular weight excluding hydrogens is 388 g/mol. The van der Waals surface area contributed by atoms with E-state index in [4.69, 9.17) is 4.42 Å². The SMILES string of the molecule is Cc1cccc(N2CCN(C(=O)CCc3ncc(-c4c(F)cccc4F)o3)CC2)c1. The van der Waals surface area contributed by atoms with Gasteiger partial charge in [-0.05, 0) is 36.8 Å². The number of rotatable bonds is 5. The fraction of sp³-hybridized carbons (Fsp3) is 0.304. The number of piperazine rings is 1. The summed E-state index contributed by atoms with van der Waals surface area (Å²) >= 11 is 0. The molecule has 0 saturated carbocycles. The predicted octanol–water partition coefficient (Wildman–Crippen LogP) is 4.21. The highest BCUT2D eigenvalue weighted by molar-refractivity contribution is 5.76. The zero-order valence-electron chi connectivity index (χ0n) is 16.8. The Balaban J connectivity index is 1.31. The molecule has 1 fully saturated rings. The minimum atomic E-state index is -0.708. The fourth-order valence-corrected chi connectivity index (χ4v) is 3.69. The van der Waals surface area contributed by atoms with Crippen molar-refractivity contribution < 1.29 is 18.0 Å². The molecule has 1 saturated heterocycles. The van der Waals surface area contributed by atoms with E-state index in [-0.39, 0.29) is 30.1 Å². The van der Waals surface area contributed by atoms with Crippen LogP contribution in [-0.4, -0.2) is 42.0 Å². The summed E-state index contributed by atoms with van der Waals surface area (Å²) in [5.41, 5.74) is 2.15. The molecular formula is C23H23F2N3O2. The van der Waals surface area contributed by atoms with Crippen LogP contribution in [0.2, 0.25) is 0 Å². The van der Waals surface area contributed by atoms with E-state index in [1.54, 1.807) is 0 Å². The summed E-state index contributed by atoms with van der Waals surface area (Å²) in [7, 11) is 0. The molecule has 156 valence electrons. The first-order valence-corrected chi connectivity index (χ1v) is 10.00. The van der Waals surface area contributed by atoms with Crippen molar-refractivity contribution in [2.24, 2.45) is 0 Å². The Morgan fingerprint density at radius 3 is 2.47 bits per heavy atom. The van der Waals surface area contributed by atoms with Gasteiger partial charge < -0.3 is 14.2 Å². The zero-order valence-corrected chi connectivity index (χ0v) is 16.8. The Hall–Kier alpha value is -3.22. The van der Waals surface area contributed by atoms with E-state index in [1.807, 2.05) is 11.0 Å². The zero-order chi connectivity index (χ0) is 21.1. The van der Waals surface area contributed by atoms with Gasteiger partial charge in [0.2, 0.25) is 5.91 Å². The van der Waals surface area contributed by atoms with Crippen LogP contribution < -0.4 is 4.90 Å². The summed E-state index contributed by atoms with van der Waals surface area (Å²) in [4.78, 5) is 20.8. The number of aryl methyl sites for hydroxylation is 2. The molecule has 0 radical (unpaired) electrons. The first kappa shape index (κ1) is 20.1. The molecule has 0 unspecified atom stereocenters. The van der Waals surface area contributed by atoms with Crippen molar-refractivity contribution in [1.29, 1.82) is 0 Å². The van der Waals surface area contributed by atoms with Crippen molar-refractivity contribution in [3.63, 3.8) is 0 Å². The second-order valence-corrected chi connectivity index (χ2v) is 7.42. The molecule has 0 aliphatic carbocycles. The first-order chi connectivity index (χ1) is 14.5. The van der Waals surface area contributed by atoms with Crippen molar-refractivity contribution in [2.75, 3.05) is 31.1 Å². The number of anilines is 1. The molecule has 2 aromatic carbocycles. The lowest BCUT2D eigenvalue weighted by Crippen LogP contribution is -2.48. The number of hydrogen-bond acceptors (Lipinski definition) is 4. The van der Waals surface area contributed by atoms with Crippen LogP contribution in [0.5, 0.6) is 0 Å². The Bertz CT molecular complexity index is 1020. The second-order valence-electron chi connectivity index (χ2n) is 7.42. The van der Waals surface area contributed by atoms with E-state index in [1.165, 1.54) is 35.6 Å². The summed E-state index contributed by atoms with van der Waals surface area (Å²) in [5, 5.41) is 0. The van der Waals surface area contributed by atoms with Crippen molar-refractivity contribution in [2.45, 2.75) is 19.8 Å². The van der Waals surface area contributed by atoms with Crippen LogP contribution in [0, 0.1) is 18.6 Å². The van der Waals surface area contributed by atoms with Gasteiger partial charge >= 0.3 is 0 Å². The molecule has 2 heterocycles. The van der Waals surface area contributed by atoms with Gasteiger partial charge in [0, 0.05) is 44.7 Å². The summed E-state index contributed by atoms with van der Waals surface area (Å²) < 4.78 is 33.3. The predicted molar refractivity (Wildman–Crippen MR) is 110 cm³/mol. The van der Waals surface area contributed by atoms with E-state index in [0.717, 1.165) is 13.1 Å². The monoisotopic (exact) mass is 411 g/mol. The van der Waals surface area contributed by atoms with Gasteiger partial charge in [-0.15, -0.1) is 0 Å². The molecule has 0 atom stereocenters. The number of aromatic nitrogens is 1. The molecule has 5 nitrogen and oxygen atoms in total. The number of halogens is 2. The molecule has 1 amide bonds. The Morgan fingerprint density at radius 2 is 1.77 bits per heavy atom. The largest absolute Gasteiger partial charge is 0.441 e.